The van der Waals surface area contributed by atoms with Crippen LogP contribution in [0.2, 0.25) is 0 Å². The van der Waals surface area contributed by atoms with Gasteiger partial charge >= 0.3 is 29.6 Å². The maximum atomic E-state index is 0. The fourth-order valence-corrected chi connectivity index (χ4v) is 0. The quantitative estimate of drug-likeness (QED) is 0.330. The van der Waals surface area contributed by atoms with Crippen LogP contribution in [0.5, 0.6) is 0 Å². The van der Waals surface area contributed by atoms with Gasteiger partial charge in [-0.2, -0.15) is 0 Å². The van der Waals surface area contributed by atoms with E-state index in [2.05, 4.69) is 0 Å². The van der Waals surface area contributed by atoms with E-state index in [1.165, 1.54) is 0 Å². The zero-order chi connectivity index (χ0) is 0. The van der Waals surface area contributed by atoms with Crippen LogP contribution in [0.4, 0.5) is 0 Å². The Bertz CT molecular complexity index is 8.00. The standard InChI is InChI=1S/FH.Mn.Na.Y/h1H;;;/q;;+1;/p-1. The molecule has 0 atom stereocenters. The normalized spacial score (nSPS) is 0. The van der Waals surface area contributed by atoms with Crippen molar-refractivity contribution in [1.29, 1.82) is 0 Å². The van der Waals surface area contributed by atoms with Crippen LogP contribution >= 0.6 is 0 Å². The van der Waals surface area contributed by atoms with Gasteiger partial charge in [-0.25, -0.2) is 0 Å². The Kier molecular flexibility index (Phi) is 137. The van der Waals surface area contributed by atoms with E-state index in [0.717, 1.165) is 0 Å². The molecule has 0 saturated carbocycles. The minimum atomic E-state index is 0. The van der Waals surface area contributed by atoms with Crippen molar-refractivity contribution < 1.29 is 84.0 Å². The zero-order valence-electron chi connectivity index (χ0n) is 2.33. The molecular formula is FMnNaY. The minimum absolute atomic E-state index is 0. The maximum Gasteiger partial charge on any atom is 1.00 e. The number of halogens is 1. The van der Waals surface area contributed by atoms with Crippen LogP contribution in [0.1, 0.15) is 0 Å². The van der Waals surface area contributed by atoms with E-state index in [1.54, 1.807) is 0 Å². The summed E-state index contributed by atoms with van der Waals surface area (Å²) in [4.78, 5) is 0. The third kappa shape index (κ3) is 8.82. The van der Waals surface area contributed by atoms with Crippen LogP contribution in [0.25, 0.3) is 0 Å². The molecule has 2 radical (unpaired) electrons. The molecule has 4 heavy (non-hydrogen) atoms. The van der Waals surface area contributed by atoms with Crippen LogP contribution < -0.4 is 34.3 Å². The van der Waals surface area contributed by atoms with Gasteiger partial charge in [-0.05, 0) is 0 Å². The first kappa shape index (κ1) is 31.0. The van der Waals surface area contributed by atoms with Gasteiger partial charge in [0.2, 0.25) is 0 Å². The van der Waals surface area contributed by atoms with Gasteiger partial charge in [0.05, 0.1) is 0 Å². The summed E-state index contributed by atoms with van der Waals surface area (Å²) < 4.78 is 0. The van der Waals surface area contributed by atoms with E-state index in [4.69, 9.17) is 0 Å². The van der Waals surface area contributed by atoms with Gasteiger partial charge in [0, 0.05) is 49.8 Å². The van der Waals surface area contributed by atoms with Crippen molar-refractivity contribution in [3.05, 3.63) is 0 Å². The first-order valence-corrected chi connectivity index (χ1v) is 0. The zero-order valence-corrected chi connectivity index (χ0v) is 8.35. The second-order valence-electron chi connectivity index (χ2n) is 0. The molecule has 0 aromatic rings. The van der Waals surface area contributed by atoms with E-state index in [1.807, 2.05) is 0 Å². The smallest absolute Gasteiger partial charge is 1.00 e. The Labute approximate surface area is 82.5 Å². The first-order chi connectivity index (χ1) is 0. The summed E-state index contributed by atoms with van der Waals surface area (Å²) in [6.07, 6.45) is 0. The molecular weight excluding hydrogens is 186 g/mol. The molecule has 0 unspecified atom stereocenters. The molecule has 0 rings (SSSR count). The summed E-state index contributed by atoms with van der Waals surface area (Å²) in [5, 5.41) is 0. The predicted octanol–water partition coefficient (Wildman–Crippen LogP) is -6.00. The fourth-order valence-electron chi connectivity index (χ4n) is 0. The monoisotopic (exact) mass is 186 g/mol. The third-order valence-electron chi connectivity index (χ3n) is 0. The fraction of sp³-hybridized carbons (Fsp3) is 0. The minimum Gasteiger partial charge on any atom is -1.00 e. The summed E-state index contributed by atoms with van der Waals surface area (Å²) in [6, 6.07) is 0. The molecule has 0 aliphatic carbocycles. The number of hydrogen-bond acceptors (Lipinski definition) is 0. The van der Waals surface area contributed by atoms with Crippen LogP contribution in [0.3, 0.4) is 0 Å². The molecule has 0 heterocycles. The van der Waals surface area contributed by atoms with Crippen molar-refractivity contribution in [2.75, 3.05) is 0 Å². The van der Waals surface area contributed by atoms with Crippen LogP contribution in [-0.2, 0) is 49.8 Å². The van der Waals surface area contributed by atoms with E-state index in [0.29, 0.717) is 0 Å². The molecule has 0 nitrogen and oxygen atoms in total. The average Bonchev–Trinajstić information content (AvgIpc) is 0. The topological polar surface area (TPSA) is 0 Å². The molecule has 0 aliphatic rings. The number of hydrogen-bond donors (Lipinski definition) is 0. The van der Waals surface area contributed by atoms with Crippen molar-refractivity contribution in [3.8, 4) is 0 Å². The van der Waals surface area contributed by atoms with E-state index in [9.17, 15) is 0 Å². The molecule has 4 heteroatoms. The average molecular weight is 186 g/mol. The summed E-state index contributed by atoms with van der Waals surface area (Å²) in [5.41, 5.74) is 0. The molecule has 0 bridgehead atoms. The number of rotatable bonds is 0. The molecule has 0 aromatic carbocycles. The molecule has 0 amide bonds. The Hall–Kier alpha value is 2.55. The Morgan fingerprint density at radius 2 is 1.00 bits per heavy atom. The van der Waals surface area contributed by atoms with Crippen molar-refractivity contribution in [3.63, 3.8) is 0 Å². The third-order valence-corrected chi connectivity index (χ3v) is 0. The van der Waals surface area contributed by atoms with Gasteiger partial charge in [0.25, 0.3) is 0 Å². The first-order valence-electron chi connectivity index (χ1n) is 0. The molecule has 0 spiro atoms. The van der Waals surface area contributed by atoms with E-state index < -0.39 is 0 Å². The van der Waals surface area contributed by atoms with Crippen molar-refractivity contribution in [2.24, 2.45) is 0 Å². The Morgan fingerprint density at radius 3 is 1.00 bits per heavy atom. The second kappa shape index (κ2) is 17.7. The molecule has 0 saturated heterocycles. The van der Waals surface area contributed by atoms with Crippen LogP contribution in [0.15, 0.2) is 0 Å². The summed E-state index contributed by atoms with van der Waals surface area (Å²) in [6.45, 7) is 0. The second-order valence-corrected chi connectivity index (χ2v) is 0. The van der Waals surface area contributed by atoms with Crippen LogP contribution in [0, 0.1) is 0 Å². The largest absolute Gasteiger partial charge is 1.00 e. The van der Waals surface area contributed by atoms with E-state index >= 15 is 0 Å². The molecule has 0 N–H and O–H groups in total. The SMILES string of the molecule is [F-].[Mn].[Na+].[Y]. The van der Waals surface area contributed by atoms with Gasteiger partial charge in [0.1, 0.15) is 0 Å². The van der Waals surface area contributed by atoms with Gasteiger partial charge in [0.15, 0.2) is 0 Å². The van der Waals surface area contributed by atoms with Crippen LogP contribution in [-0.4, -0.2) is 0 Å². The van der Waals surface area contributed by atoms with Gasteiger partial charge in [-0.3, -0.25) is 0 Å². The molecule has 0 fully saturated rings. The summed E-state index contributed by atoms with van der Waals surface area (Å²) in [5.74, 6) is 0. The van der Waals surface area contributed by atoms with Crippen molar-refractivity contribution in [1.82, 2.24) is 0 Å². The molecule has 0 aromatic heterocycles. The Balaban J connectivity index is 0. The summed E-state index contributed by atoms with van der Waals surface area (Å²) >= 11 is 0. The Morgan fingerprint density at radius 1 is 1.00 bits per heavy atom. The van der Waals surface area contributed by atoms with Crippen molar-refractivity contribution in [2.45, 2.75) is 0 Å². The van der Waals surface area contributed by atoms with Gasteiger partial charge in [-0.1, -0.05) is 0 Å². The molecule has 18 valence electrons. The van der Waals surface area contributed by atoms with Gasteiger partial charge in [-0.15, -0.1) is 0 Å². The maximum absolute atomic E-state index is 0. The predicted molar refractivity (Wildman–Crippen MR) is 0 cm³/mol. The van der Waals surface area contributed by atoms with E-state index in [-0.39, 0.29) is 84.0 Å². The summed E-state index contributed by atoms with van der Waals surface area (Å²) in [7, 11) is 0. The molecule has 0 aliphatic heterocycles. The van der Waals surface area contributed by atoms with Gasteiger partial charge < -0.3 is 4.70 Å². The van der Waals surface area contributed by atoms with Crippen molar-refractivity contribution >= 4 is 0 Å².